The van der Waals surface area contributed by atoms with Crippen molar-refractivity contribution in [2.24, 2.45) is 0 Å². The first-order valence-corrected chi connectivity index (χ1v) is 4.25. The van der Waals surface area contributed by atoms with Crippen LogP contribution in [0.25, 0.3) is 0 Å². The Balaban J connectivity index is 2.63. The van der Waals surface area contributed by atoms with Crippen LogP contribution in [0.15, 0.2) is 10.6 Å². The highest BCUT2D eigenvalue weighted by atomic mass is 16.5. The second-order valence-corrected chi connectivity index (χ2v) is 3.14. The summed E-state index contributed by atoms with van der Waals surface area (Å²) in [6.45, 7) is 4.74. The quantitative estimate of drug-likeness (QED) is 0.772. The lowest BCUT2D eigenvalue weighted by molar-refractivity contribution is -0.118. The van der Waals surface area contributed by atoms with Gasteiger partial charge in [-0.05, 0) is 20.8 Å². The van der Waals surface area contributed by atoms with Crippen LogP contribution in [0.1, 0.15) is 30.1 Å². The average molecular weight is 196 g/mol. The van der Waals surface area contributed by atoms with Gasteiger partial charge in [0, 0.05) is 6.07 Å². The van der Waals surface area contributed by atoms with Gasteiger partial charge >= 0.3 is 0 Å². The van der Waals surface area contributed by atoms with E-state index < -0.39 is 11.9 Å². The van der Waals surface area contributed by atoms with E-state index >= 15 is 0 Å². The van der Waals surface area contributed by atoms with E-state index in [2.05, 4.69) is 10.5 Å². The van der Waals surface area contributed by atoms with Gasteiger partial charge in [0.2, 0.25) is 5.76 Å². The second kappa shape index (κ2) is 4.04. The molecule has 0 aliphatic heterocycles. The molecule has 76 valence electrons. The van der Waals surface area contributed by atoms with E-state index in [1.807, 2.05) is 0 Å². The number of Topliss-reactive ketones (excluding diaryl/α,β-unsaturated/α-hetero) is 1. The van der Waals surface area contributed by atoms with Crippen molar-refractivity contribution in [2.75, 3.05) is 0 Å². The molecule has 1 rings (SSSR count). The molecule has 0 aliphatic carbocycles. The van der Waals surface area contributed by atoms with Crippen molar-refractivity contribution < 1.29 is 14.1 Å². The summed E-state index contributed by atoms with van der Waals surface area (Å²) in [6, 6.07) is 1.01. The third-order valence-electron chi connectivity index (χ3n) is 1.81. The van der Waals surface area contributed by atoms with Crippen LogP contribution < -0.4 is 5.32 Å². The zero-order valence-electron chi connectivity index (χ0n) is 8.33. The monoisotopic (exact) mass is 196 g/mol. The summed E-state index contributed by atoms with van der Waals surface area (Å²) in [5.74, 6) is -0.404. The summed E-state index contributed by atoms with van der Waals surface area (Å²) in [5, 5.41) is 6.06. The van der Waals surface area contributed by atoms with Gasteiger partial charge in [0.1, 0.15) is 0 Å². The lowest BCUT2D eigenvalue weighted by Gasteiger charge is -2.07. The molecule has 0 aromatic carbocycles. The van der Waals surface area contributed by atoms with Gasteiger partial charge in [0.25, 0.3) is 5.91 Å². The number of aryl methyl sites for hydroxylation is 1. The van der Waals surface area contributed by atoms with Crippen LogP contribution in [0.3, 0.4) is 0 Å². The number of ketones is 1. The van der Waals surface area contributed by atoms with Crippen molar-refractivity contribution in [1.29, 1.82) is 0 Å². The molecule has 1 amide bonds. The summed E-state index contributed by atoms with van der Waals surface area (Å²) < 4.78 is 4.73. The van der Waals surface area contributed by atoms with E-state index in [1.54, 1.807) is 13.8 Å². The number of aromatic nitrogens is 1. The Morgan fingerprint density at radius 1 is 1.57 bits per heavy atom. The van der Waals surface area contributed by atoms with Crippen LogP contribution in [0, 0.1) is 6.92 Å². The first-order chi connectivity index (χ1) is 6.50. The molecule has 1 aromatic rings. The molecule has 1 aromatic heterocycles. The first kappa shape index (κ1) is 10.4. The number of hydrogen-bond acceptors (Lipinski definition) is 4. The molecule has 5 heteroatoms. The number of hydrogen-bond donors (Lipinski definition) is 1. The highest BCUT2D eigenvalue weighted by Crippen LogP contribution is 2.02. The largest absolute Gasteiger partial charge is 0.351 e. The maximum Gasteiger partial charge on any atom is 0.290 e. The topological polar surface area (TPSA) is 72.2 Å². The minimum absolute atomic E-state index is 0.102. The molecule has 0 fully saturated rings. The molecule has 0 bridgehead atoms. The smallest absolute Gasteiger partial charge is 0.290 e. The molecule has 0 spiro atoms. The van der Waals surface area contributed by atoms with Crippen molar-refractivity contribution in [3.8, 4) is 0 Å². The van der Waals surface area contributed by atoms with Gasteiger partial charge in [0.05, 0.1) is 11.7 Å². The van der Waals surface area contributed by atoms with Crippen molar-refractivity contribution in [3.05, 3.63) is 17.5 Å². The molecule has 0 saturated heterocycles. The predicted molar refractivity (Wildman–Crippen MR) is 48.8 cm³/mol. The van der Waals surface area contributed by atoms with E-state index in [4.69, 9.17) is 4.52 Å². The second-order valence-electron chi connectivity index (χ2n) is 3.14. The lowest BCUT2D eigenvalue weighted by atomic mass is 10.2. The third kappa shape index (κ3) is 2.42. The molecular formula is C9H12N2O3. The van der Waals surface area contributed by atoms with Crippen LogP contribution in [0.4, 0.5) is 0 Å². The van der Waals surface area contributed by atoms with Crippen LogP contribution >= 0.6 is 0 Å². The number of carbonyl (C=O) groups is 2. The Morgan fingerprint density at radius 3 is 2.64 bits per heavy atom. The van der Waals surface area contributed by atoms with Crippen LogP contribution in [-0.2, 0) is 4.79 Å². The van der Waals surface area contributed by atoms with Gasteiger partial charge < -0.3 is 9.84 Å². The van der Waals surface area contributed by atoms with Crippen LogP contribution in [0.5, 0.6) is 0 Å². The van der Waals surface area contributed by atoms with Gasteiger partial charge in [-0.3, -0.25) is 9.59 Å². The van der Waals surface area contributed by atoms with E-state index in [0.29, 0.717) is 5.69 Å². The Morgan fingerprint density at radius 2 is 2.21 bits per heavy atom. The fourth-order valence-electron chi connectivity index (χ4n) is 0.840. The first-order valence-electron chi connectivity index (χ1n) is 4.25. The van der Waals surface area contributed by atoms with Crippen molar-refractivity contribution in [3.63, 3.8) is 0 Å². The minimum atomic E-state index is -0.507. The van der Waals surface area contributed by atoms with Gasteiger partial charge in [0.15, 0.2) is 5.78 Å². The standard InChI is InChI=1S/C9H12N2O3/c1-5-4-8(14-11-5)9(13)10-6(2)7(3)12/h4,6H,1-3H3,(H,10,13). The van der Waals surface area contributed by atoms with Gasteiger partial charge in [-0.15, -0.1) is 0 Å². The molecule has 5 nitrogen and oxygen atoms in total. The lowest BCUT2D eigenvalue weighted by Crippen LogP contribution is -2.37. The number of nitrogens with one attached hydrogen (secondary N) is 1. The van der Waals surface area contributed by atoms with E-state index in [0.717, 1.165) is 0 Å². The predicted octanol–water partition coefficient (Wildman–Crippen LogP) is 0.690. The zero-order valence-corrected chi connectivity index (χ0v) is 8.33. The summed E-state index contributed by atoms with van der Waals surface area (Å²) in [5.41, 5.74) is 0.630. The van der Waals surface area contributed by atoms with E-state index in [9.17, 15) is 9.59 Å². The van der Waals surface area contributed by atoms with Crippen LogP contribution in [-0.4, -0.2) is 22.9 Å². The molecule has 1 heterocycles. The molecule has 14 heavy (non-hydrogen) atoms. The summed E-state index contributed by atoms with van der Waals surface area (Å²) in [6.07, 6.45) is 0. The molecule has 0 aliphatic rings. The molecular weight excluding hydrogens is 184 g/mol. The van der Waals surface area contributed by atoms with Crippen LogP contribution in [0.2, 0.25) is 0 Å². The van der Waals surface area contributed by atoms with Gasteiger partial charge in [-0.25, -0.2) is 0 Å². The van der Waals surface area contributed by atoms with E-state index in [-0.39, 0.29) is 11.5 Å². The minimum Gasteiger partial charge on any atom is -0.351 e. The molecule has 0 radical (unpaired) electrons. The highest BCUT2D eigenvalue weighted by Gasteiger charge is 2.16. The summed E-state index contributed by atoms with van der Waals surface area (Å²) in [4.78, 5) is 22.2. The maximum atomic E-state index is 11.4. The highest BCUT2D eigenvalue weighted by molar-refractivity contribution is 5.95. The number of nitrogens with zero attached hydrogens (tertiary/aromatic N) is 1. The number of amides is 1. The fraction of sp³-hybridized carbons (Fsp3) is 0.444. The summed E-state index contributed by atoms with van der Waals surface area (Å²) >= 11 is 0. The summed E-state index contributed by atoms with van der Waals surface area (Å²) in [7, 11) is 0. The van der Waals surface area contributed by atoms with E-state index in [1.165, 1.54) is 13.0 Å². The Bertz CT molecular complexity index is 357. The third-order valence-corrected chi connectivity index (χ3v) is 1.81. The van der Waals surface area contributed by atoms with Gasteiger partial charge in [-0.1, -0.05) is 5.16 Å². The average Bonchev–Trinajstić information content (AvgIpc) is 2.51. The normalized spacial score (nSPS) is 12.2. The Kier molecular flexibility index (Phi) is 3.01. The molecule has 1 atom stereocenters. The fourth-order valence-corrected chi connectivity index (χ4v) is 0.840. The zero-order chi connectivity index (χ0) is 10.7. The Hall–Kier alpha value is -1.65. The number of rotatable bonds is 3. The van der Waals surface area contributed by atoms with Crippen molar-refractivity contribution in [2.45, 2.75) is 26.8 Å². The molecule has 1 unspecified atom stereocenters. The van der Waals surface area contributed by atoms with Crippen molar-refractivity contribution >= 4 is 11.7 Å². The SMILES string of the molecule is CC(=O)C(C)NC(=O)c1cc(C)no1. The molecule has 0 saturated carbocycles. The maximum absolute atomic E-state index is 11.4. The Labute approximate surface area is 81.5 Å². The van der Waals surface area contributed by atoms with Gasteiger partial charge in [-0.2, -0.15) is 0 Å². The number of carbonyl (C=O) groups excluding carboxylic acids is 2. The van der Waals surface area contributed by atoms with Crippen molar-refractivity contribution in [1.82, 2.24) is 10.5 Å². The molecule has 1 N–H and O–H groups in total.